The van der Waals surface area contributed by atoms with E-state index in [0.717, 1.165) is 30.6 Å². The summed E-state index contributed by atoms with van der Waals surface area (Å²) in [5.41, 5.74) is 1.91. The predicted octanol–water partition coefficient (Wildman–Crippen LogP) is 4.10. The van der Waals surface area contributed by atoms with Crippen LogP contribution in [0.4, 0.5) is 8.78 Å². The molecule has 3 nitrogen and oxygen atoms in total. The van der Waals surface area contributed by atoms with Gasteiger partial charge >= 0.3 is 0 Å². The molecule has 5 heteroatoms. The normalized spacial score (nSPS) is 21.3. The van der Waals surface area contributed by atoms with Gasteiger partial charge < -0.3 is 5.32 Å². The topological polar surface area (TPSA) is 24.5 Å². The maximum Gasteiger partial charge on any atom is 0.123 e. The van der Waals surface area contributed by atoms with Crippen LogP contribution < -0.4 is 5.32 Å². The van der Waals surface area contributed by atoms with Crippen LogP contribution in [-0.4, -0.2) is 36.8 Å². The first-order valence-electron chi connectivity index (χ1n) is 9.20. The average molecular weight is 360 g/mol. The van der Waals surface area contributed by atoms with Crippen molar-refractivity contribution in [2.75, 3.05) is 19.7 Å². The van der Waals surface area contributed by atoms with Crippen LogP contribution in [0.3, 0.4) is 0 Å². The number of nitrogens with zero attached hydrogens (tertiary/aromatic N) is 1. The first-order chi connectivity index (χ1) is 12.6. The van der Waals surface area contributed by atoms with E-state index in [1.165, 1.54) is 24.3 Å². The van der Waals surface area contributed by atoms with Crippen molar-refractivity contribution >= 4 is 0 Å². The molecule has 2 aromatic rings. The highest BCUT2D eigenvalue weighted by atomic mass is 19.1. The third-order valence-corrected chi connectivity index (χ3v) is 4.99. The second-order valence-corrected chi connectivity index (χ2v) is 6.92. The summed E-state index contributed by atoms with van der Waals surface area (Å²) in [7, 11) is 0. The van der Waals surface area contributed by atoms with Gasteiger partial charge in [0.05, 0.1) is 6.61 Å². The predicted molar refractivity (Wildman–Crippen MR) is 98.8 cm³/mol. The molecule has 0 unspecified atom stereocenters. The van der Waals surface area contributed by atoms with Crippen LogP contribution in [0, 0.1) is 11.6 Å². The van der Waals surface area contributed by atoms with Crippen molar-refractivity contribution in [3.05, 3.63) is 71.3 Å². The summed E-state index contributed by atoms with van der Waals surface area (Å²) in [4.78, 5) is 6.19. The molecule has 0 saturated carbocycles. The van der Waals surface area contributed by atoms with Crippen molar-refractivity contribution < 1.29 is 13.6 Å². The first kappa shape index (κ1) is 19.0. The standard InChI is InChI=1S/C21H26F2N2O/c1-3-20-12-24-15(2)13-25(20)26-14-21(16-4-8-18(22)9-5-16)17-6-10-19(23)11-7-17/h4-11,15,20-21,24H,3,12-14H2,1-2H3/t15-,20+/m0/s1. The van der Waals surface area contributed by atoms with Crippen molar-refractivity contribution in [3.8, 4) is 0 Å². The van der Waals surface area contributed by atoms with Gasteiger partial charge in [-0.1, -0.05) is 31.2 Å². The molecule has 2 aromatic carbocycles. The van der Waals surface area contributed by atoms with Crippen LogP contribution in [0.15, 0.2) is 48.5 Å². The summed E-state index contributed by atoms with van der Waals surface area (Å²) in [5, 5.41) is 5.53. The molecule has 0 amide bonds. The Morgan fingerprint density at radius 1 is 1.04 bits per heavy atom. The van der Waals surface area contributed by atoms with Gasteiger partial charge in [-0.2, -0.15) is 5.06 Å². The van der Waals surface area contributed by atoms with E-state index in [0.29, 0.717) is 18.7 Å². The summed E-state index contributed by atoms with van der Waals surface area (Å²) in [6, 6.07) is 13.6. The lowest BCUT2D eigenvalue weighted by Crippen LogP contribution is -2.55. The van der Waals surface area contributed by atoms with Crippen LogP contribution in [0.2, 0.25) is 0 Å². The van der Waals surface area contributed by atoms with E-state index in [9.17, 15) is 8.78 Å². The van der Waals surface area contributed by atoms with Gasteiger partial charge in [0.25, 0.3) is 0 Å². The van der Waals surface area contributed by atoms with Gasteiger partial charge in [0.1, 0.15) is 11.6 Å². The van der Waals surface area contributed by atoms with Crippen molar-refractivity contribution in [1.82, 2.24) is 10.4 Å². The molecule has 140 valence electrons. The molecule has 0 aliphatic carbocycles. The molecule has 0 aromatic heterocycles. The van der Waals surface area contributed by atoms with E-state index in [4.69, 9.17) is 4.84 Å². The lowest BCUT2D eigenvalue weighted by molar-refractivity contribution is -0.201. The van der Waals surface area contributed by atoms with Gasteiger partial charge in [0.15, 0.2) is 0 Å². The molecule has 1 heterocycles. The Labute approximate surface area is 153 Å². The molecule has 2 atom stereocenters. The summed E-state index contributed by atoms with van der Waals surface area (Å²) < 4.78 is 26.7. The number of nitrogens with one attached hydrogen (secondary N) is 1. The molecule has 1 fully saturated rings. The van der Waals surface area contributed by atoms with Crippen LogP contribution in [0.25, 0.3) is 0 Å². The van der Waals surface area contributed by atoms with Crippen molar-refractivity contribution in [3.63, 3.8) is 0 Å². The molecule has 3 rings (SSSR count). The van der Waals surface area contributed by atoms with Gasteiger partial charge in [-0.15, -0.1) is 0 Å². The number of hydroxylamine groups is 2. The fourth-order valence-electron chi connectivity index (χ4n) is 3.37. The monoisotopic (exact) mass is 360 g/mol. The van der Waals surface area contributed by atoms with Crippen LogP contribution in [0.1, 0.15) is 37.3 Å². The van der Waals surface area contributed by atoms with Gasteiger partial charge in [-0.25, -0.2) is 8.78 Å². The second kappa shape index (κ2) is 8.71. The summed E-state index contributed by atoms with van der Waals surface area (Å²) in [6.45, 7) is 6.43. The number of rotatable bonds is 6. The van der Waals surface area contributed by atoms with Crippen molar-refractivity contribution in [2.24, 2.45) is 0 Å². The lowest BCUT2D eigenvalue weighted by atomic mass is 9.92. The van der Waals surface area contributed by atoms with Crippen molar-refractivity contribution in [1.29, 1.82) is 0 Å². The SMILES string of the molecule is CC[C@@H]1CN[C@@H](C)CN1OCC(c1ccc(F)cc1)c1ccc(F)cc1. The summed E-state index contributed by atoms with van der Waals surface area (Å²) in [5.74, 6) is -0.622. The minimum Gasteiger partial charge on any atom is -0.311 e. The van der Waals surface area contributed by atoms with Gasteiger partial charge in [-0.05, 0) is 48.7 Å². The van der Waals surface area contributed by atoms with Crippen molar-refractivity contribution in [2.45, 2.75) is 38.3 Å². The zero-order valence-electron chi connectivity index (χ0n) is 15.3. The fourth-order valence-corrected chi connectivity index (χ4v) is 3.37. The molecular weight excluding hydrogens is 334 g/mol. The van der Waals surface area contributed by atoms with E-state index in [2.05, 4.69) is 24.2 Å². The molecule has 0 spiro atoms. The molecule has 1 aliphatic rings. The Kier molecular flexibility index (Phi) is 6.35. The zero-order chi connectivity index (χ0) is 18.5. The van der Waals surface area contributed by atoms with E-state index in [1.807, 2.05) is 0 Å². The molecule has 0 bridgehead atoms. The van der Waals surface area contributed by atoms with E-state index >= 15 is 0 Å². The highest BCUT2D eigenvalue weighted by Gasteiger charge is 2.26. The number of piperazine rings is 1. The third-order valence-electron chi connectivity index (χ3n) is 4.99. The maximum absolute atomic E-state index is 13.3. The second-order valence-electron chi connectivity index (χ2n) is 6.92. The van der Waals surface area contributed by atoms with Gasteiger partial charge in [0, 0.05) is 31.1 Å². The third kappa shape index (κ3) is 4.67. The van der Waals surface area contributed by atoms with Crippen LogP contribution >= 0.6 is 0 Å². The number of benzene rings is 2. The van der Waals surface area contributed by atoms with Crippen LogP contribution in [0.5, 0.6) is 0 Å². The Balaban J connectivity index is 1.79. The highest BCUT2D eigenvalue weighted by Crippen LogP contribution is 2.27. The molecule has 1 saturated heterocycles. The Bertz CT molecular complexity index is 645. The minimum atomic E-state index is -0.269. The van der Waals surface area contributed by atoms with E-state index in [-0.39, 0.29) is 17.6 Å². The molecule has 0 radical (unpaired) electrons. The quantitative estimate of drug-likeness (QED) is 0.839. The fraction of sp³-hybridized carbons (Fsp3) is 0.429. The highest BCUT2D eigenvalue weighted by molar-refractivity contribution is 5.33. The molecule has 1 aliphatic heterocycles. The van der Waals surface area contributed by atoms with E-state index in [1.54, 1.807) is 24.3 Å². The maximum atomic E-state index is 13.3. The Hall–Kier alpha value is -1.82. The molecular formula is C21H26F2N2O. The van der Waals surface area contributed by atoms with Crippen LogP contribution in [-0.2, 0) is 4.84 Å². The largest absolute Gasteiger partial charge is 0.311 e. The lowest BCUT2D eigenvalue weighted by Gasteiger charge is -2.38. The number of hydrogen-bond donors (Lipinski definition) is 1. The zero-order valence-corrected chi connectivity index (χ0v) is 15.3. The Morgan fingerprint density at radius 2 is 1.58 bits per heavy atom. The Morgan fingerprint density at radius 3 is 2.08 bits per heavy atom. The minimum absolute atomic E-state index is 0.0844. The molecule has 26 heavy (non-hydrogen) atoms. The van der Waals surface area contributed by atoms with E-state index < -0.39 is 0 Å². The van der Waals surface area contributed by atoms with Gasteiger partial charge in [-0.3, -0.25) is 4.84 Å². The van der Waals surface area contributed by atoms with Gasteiger partial charge in [0.2, 0.25) is 0 Å². The summed E-state index contributed by atoms with van der Waals surface area (Å²) in [6.07, 6.45) is 0.998. The average Bonchev–Trinajstić information content (AvgIpc) is 2.65. The molecule has 1 N–H and O–H groups in total. The first-order valence-corrected chi connectivity index (χ1v) is 9.20. The number of halogens is 2. The summed E-state index contributed by atoms with van der Waals surface area (Å²) >= 11 is 0. The number of hydrogen-bond acceptors (Lipinski definition) is 3. The smallest absolute Gasteiger partial charge is 0.123 e.